The molecule has 1 aliphatic carbocycles. The summed E-state index contributed by atoms with van der Waals surface area (Å²) in [5.74, 6) is 0. The van der Waals surface area contributed by atoms with Gasteiger partial charge in [-0.25, -0.2) is 9.36 Å². The largest absolute Gasteiger partial charge is 0.472 e. The van der Waals surface area contributed by atoms with Gasteiger partial charge < -0.3 is 14.9 Å². The first-order chi connectivity index (χ1) is 17.9. The van der Waals surface area contributed by atoms with Gasteiger partial charge in [-0.2, -0.15) is 0 Å². The Morgan fingerprint density at radius 2 is 1.35 bits per heavy atom. The van der Waals surface area contributed by atoms with Crippen LogP contribution in [0.15, 0.2) is 0 Å². The number of hydrogen-bond donors (Lipinski definition) is 2. The van der Waals surface area contributed by atoms with Gasteiger partial charge in [-0.1, -0.05) is 132 Å². The lowest BCUT2D eigenvalue weighted by Crippen LogP contribution is -2.41. The summed E-state index contributed by atoms with van der Waals surface area (Å²) in [6, 6.07) is 0. The minimum absolute atomic E-state index is 0.164. The van der Waals surface area contributed by atoms with Crippen molar-refractivity contribution in [2.45, 2.75) is 141 Å². The fourth-order valence-corrected chi connectivity index (χ4v) is 7.00. The molecular weight excluding hydrogens is 557 g/mol. The molecular formula is C28H55BrNO6P. The van der Waals surface area contributed by atoms with Gasteiger partial charge in [0.25, 0.3) is 0 Å². The molecule has 1 saturated carbocycles. The van der Waals surface area contributed by atoms with Gasteiger partial charge in [-0.05, 0) is 19.3 Å². The zero-order valence-electron chi connectivity index (χ0n) is 23.7. The average Bonchev–Trinajstić information content (AvgIpc) is 3.38. The molecule has 0 bridgehead atoms. The van der Waals surface area contributed by atoms with Crippen LogP contribution in [0.25, 0.3) is 0 Å². The number of nitrogens with one attached hydrogen (secondary N) is 1. The second kappa shape index (κ2) is 21.7. The van der Waals surface area contributed by atoms with E-state index in [-0.39, 0.29) is 6.61 Å². The number of carbonyl (C=O) groups excluding carboxylic acids is 1. The topological polar surface area (TPSA) is 94.1 Å². The van der Waals surface area contributed by atoms with Crippen molar-refractivity contribution < 1.29 is 28.0 Å². The van der Waals surface area contributed by atoms with Crippen molar-refractivity contribution in [3.8, 4) is 0 Å². The van der Waals surface area contributed by atoms with Crippen LogP contribution in [-0.2, 0) is 18.3 Å². The van der Waals surface area contributed by atoms with E-state index in [1.54, 1.807) is 0 Å². The summed E-state index contributed by atoms with van der Waals surface area (Å²) in [6.45, 7) is 3.05. The number of phosphoric ester groups is 1. The monoisotopic (exact) mass is 611 g/mol. The molecule has 0 saturated heterocycles. The number of halogens is 1. The summed E-state index contributed by atoms with van der Waals surface area (Å²) in [6.07, 6.45) is 23.7. The highest BCUT2D eigenvalue weighted by Gasteiger charge is 2.45. The molecule has 1 fully saturated rings. The van der Waals surface area contributed by atoms with Gasteiger partial charge in [-0.3, -0.25) is 9.05 Å². The number of alkyl carbamates (subject to hydrolysis) is 1. The van der Waals surface area contributed by atoms with Gasteiger partial charge in [0.1, 0.15) is 6.61 Å². The minimum Gasteiger partial charge on any atom is -0.449 e. The number of phosphoric acid groups is 1. The molecule has 2 N–H and O–H groups in total. The van der Waals surface area contributed by atoms with E-state index in [9.17, 15) is 14.3 Å². The van der Waals surface area contributed by atoms with Crippen LogP contribution < -0.4 is 5.32 Å². The second-order valence-corrected chi connectivity index (χ2v) is 12.9. The van der Waals surface area contributed by atoms with Crippen molar-refractivity contribution in [2.24, 2.45) is 5.41 Å². The third kappa shape index (κ3) is 16.5. The first-order valence-corrected chi connectivity index (χ1v) is 17.5. The number of carbonyl (C=O) groups is 1. The van der Waals surface area contributed by atoms with Crippen LogP contribution in [0.5, 0.6) is 0 Å². The maximum absolute atomic E-state index is 12.2. The molecule has 0 aromatic carbocycles. The summed E-state index contributed by atoms with van der Waals surface area (Å²) in [5, 5.41) is 3.21. The maximum Gasteiger partial charge on any atom is 0.472 e. The Hall–Kier alpha value is -0.140. The van der Waals surface area contributed by atoms with Crippen molar-refractivity contribution >= 4 is 29.8 Å². The molecule has 7 nitrogen and oxygen atoms in total. The van der Waals surface area contributed by atoms with Gasteiger partial charge in [0.2, 0.25) is 0 Å². The van der Waals surface area contributed by atoms with Gasteiger partial charge in [0, 0.05) is 24.4 Å². The number of unbranched alkanes of at least 4 members (excludes halogenated alkanes) is 15. The Labute approximate surface area is 235 Å². The molecule has 1 rings (SSSR count). The van der Waals surface area contributed by atoms with Gasteiger partial charge in [0.05, 0.1) is 6.10 Å². The van der Waals surface area contributed by atoms with Crippen molar-refractivity contribution in [3.63, 3.8) is 0 Å². The molecule has 0 radical (unpaired) electrons. The van der Waals surface area contributed by atoms with Gasteiger partial charge in [-0.15, -0.1) is 0 Å². The third-order valence-corrected chi connectivity index (χ3v) is 9.27. The Balaban J connectivity index is 2.03. The highest BCUT2D eigenvalue weighted by atomic mass is 79.9. The molecule has 2 unspecified atom stereocenters. The summed E-state index contributed by atoms with van der Waals surface area (Å²) in [7, 11) is -2.97. The number of alkyl halides is 1. The molecule has 2 atom stereocenters. The molecule has 37 heavy (non-hydrogen) atoms. The van der Waals surface area contributed by atoms with Crippen molar-refractivity contribution in [1.29, 1.82) is 0 Å². The van der Waals surface area contributed by atoms with Crippen LogP contribution in [0.3, 0.4) is 0 Å². The molecule has 0 aliphatic heterocycles. The standard InChI is InChI=1S/C28H55BrNO6P/c1-3-4-5-6-7-8-9-10-11-12-13-14-15-16-17-20-23-30-27(31)35-25-28(21-18-19-22-28)26(24-29)36-37(32,33)34-2/h26H,3-25H2,1-2H3,(H,30,31)(H,32,33). The minimum atomic E-state index is -4.12. The zero-order valence-corrected chi connectivity index (χ0v) is 26.1. The molecule has 0 heterocycles. The highest BCUT2D eigenvalue weighted by Crippen LogP contribution is 2.51. The molecule has 1 amide bonds. The lowest BCUT2D eigenvalue weighted by molar-refractivity contribution is -0.00858. The van der Waals surface area contributed by atoms with E-state index in [2.05, 4.69) is 32.7 Å². The van der Waals surface area contributed by atoms with Crippen molar-refractivity contribution in [1.82, 2.24) is 5.32 Å². The molecule has 9 heteroatoms. The first-order valence-electron chi connectivity index (χ1n) is 14.9. The lowest BCUT2D eigenvalue weighted by atomic mass is 9.82. The van der Waals surface area contributed by atoms with Crippen molar-refractivity contribution in [2.75, 3.05) is 25.6 Å². The number of hydrogen-bond acceptors (Lipinski definition) is 5. The lowest BCUT2D eigenvalue weighted by Gasteiger charge is -2.36. The summed E-state index contributed by atoms with van der Waals surface area (Å²) >= 11 is 3.39. The summed E-state index contributed by atoms with van der Waals surface area (Å²) < 4.78 is 27.4. The zero-order chi connectivity index (χ0) is 27.2. The van der Waals surface area contributed by atoms with Crippen LogP contribution in [-0.4, -0.2) is 42.7 Å². The number of ether oxygens (including phenoxy) is 1. The van der Waals surface area contributed by atoms with Crippen LogP contribution in [0.2, 0.25) is 0 Å². The third-order valence-electron chi connectivity index (χ3n) is 7.70. The average molecular weight is 613 g/mol. The molecule has 0 aromatic rings. The van der Waals surface area contributed by atoms with Crippen molar-refractivity contribution in [3.05, 3.63) is 0 Å². The summed E-state index contributed by atoms with van der Waals surface area (Å²) in [5.41, 5.74) is -0.480. The fourth-order valence-electron chi connectivity index (χ4n) is 5.27. The van der Waals surface area contributed by atoms with E-state index in [0.29, 0.717) is 11.9 Å². The normalized spacial score (nSPS) is 17.4. The smallest absolute Gasteiger partial charge is 0.449 e. The molecule has 1 aliphatic rings. The molecule has 220 valence electrons. The van der Waals surface area contributed by atoms with Gasteiger partial charge >= 0.3 is 13.9 Å². The van der Waals surface area contributed by atoms with Crippen LogP contribution >= 0.6 is 23.8 Å². The van der Waals surface area contributed by atoms with E-state index in [1.807, 2.05) is 0 Å². The van der Waals surface area contributed by atoms with Gasteiger partial charge in [0.15, 0.2) is 0 Å². The van der Waals surface area contributed by atoms with Crippen LogP contribution in [0, 0.1) is 5.41 Å². The second-order valence-electron chi connectivity index (χ2n) is 10.8. The Kier molecular flexibility index (Phi) is 20.4. The number of rotatable bonds is 24. The Morgan fingerprint density at radius 3 is 1.78 bits per heavy atom. The number of amides is 1. The fraction of sp³-hybridized carbons (Fsp3) is 0.964. The molecule has 0 spiro atoms. The highest BCUT2D eigenvalue weighted by molar-refractivity contribution is 9.09. The quantitative estimate of drug-likeness (QED) is 0.0642. The molecule has 0 aromatic heterocycles. The van der Waals surface area contributed by atoms with E-state index in [1.165, 1.54) is 89.9 Å². The Morgan fingerprint density at radius 1 is 0.892 bits per heavy atom. The Bertz CT molecular complexity index is 617. The van der Waals surface area contributed by atoms with E-state index in [0.717, 1.165) is 45.6 Å². The SMILES string of the molecule is CCCCCCCCCCCCCCCCCCNC(=O)OCC1(C(CBr)OP(=O)(O)OC)CCCC1. The van der Waals surface area contributed by atoms with E-state index < -0.39 is 25.4 Å². The predicted molar refractivity (Wildman–Crippen MR) is 155 cm³/mol. The predicted octanol–water partition coefficient (Wildman–Crippen LogP) is 9.06. The first kappa shape index (κ1) is 34.9. The summed E-state index contributed by atoms with van der Waals surface area (Å²) in [4.78, 5) is 22.0. The van der Waals surface area contributed by atoms with E-state index in [4.69, 9.17) is 9.26 Å². The van der Waals surface area contributed by atoms with Crippen LogP contribution in [0.4, 0.5) is 4.79 Å². The maximum atomic E-state index is 12.2. The van der Waals surface area contributed by atoms with E-state index >= 15 is 0 Å². The van der Waals surface area contributed by atoms with Crippen LogP contribution in [0.1, 0.15) is 135 Å².